The van der Waals surface area contributed by atoms with Crippen molar-refractivity contribution in [2.24, 2.45) is 5.41 Å². The van der Waals surface area contributed by atoms with Crippen LogP contribution in [-0.4, -0.2) is 98.6 Å². The van der Waals surface area contributed by atoms with Crippen LogP contribution in [0.4, 0.5) is 0 Å². The second-order valence-electron chi connectivity index (χ2n) is 8.33. The minimum Gasteiger partial charge on any atom is -0.483 e. The summed E-state index contributed by atoms with van der Waals surface area (Å²) in [7, 11) is 0. The van der Waals surface area contributed by atoms with Gasteiger partial charge >= 0.3 is 0 Å². The van der Waals surface area contributed by atoms with Crippen molar-refractivity contribution in [2.75, 3.05) is 44.7 Å². The molecule has 1 amide bonds. The summed E-state index contributed by atoms with van der Waals surface area (Å²) in [6.07, 6.45) is 5.80. The van der Waals surface area contributed by atoms with Gasteiger partial charge in [-0.1, -0.05) is 6.07 Å². The third kappa shape index (κ3) is 5.75. The van der Waals surface area contributed by atoms with Gasteiger partial charge < -0.3 is 20.0 Å². The lowest BCUT2D eigenvalue weighted by Gasteiger charge is -2.49. The van der Waals surface area contributed by atoms with Crippen LogP contribution in [0, 0.1) is 5.41 Å². The van der Waals surface area contributed by atoms with E-state index in [-0.39, 0.29) is 23.9 Å². The Balaban J connectivity index is 0.000000858. The summed E-state index contributed by atoms with van der Waals surface area (Å²) >= 11 is 1.88. The lowest BCUT2D eigenvalue weighted by Crippen LogP contribution is -2.54. The fraction of sp³-hybridized carbons (Fsp3) is 0.619. The number of aliphatic hydroxyl groups excluding tert-OH is 1. The molecule has 31 heavy (non-hydrogen) atoms. The van der Waals surface area contributed by atoms with Crippen LogP contribution in [0.1, 0.15) is 36.0 Å². The molecule has 1 aromatic carbocycles. The zero-order valence-electron chi connectivity index (χ0n) is 17.9. The van der Waals surface area contributed by atoms with Gasteiger partial charge in [0.1, 0.15) is 11.0 Å². The number of likely N-dealkylation sites (tertiary alicyclic amines) is 2. The molecule has 10 heteroatoms. The first-order chi connectivity index (χ1) is 15.0. The van der Waals surface area contributed by atoms with E-state index in [0.717, 1.165) is 69.7 Å². The summed E-state index contributed by atoms with van der Waals surface area (Å²) in [6.45, 7) is 4.10. The van der Waals surface area contributed by atoms with E-state index in [4.69, 9.17) is 9.90 Å². The maximum absolute atomic E-state index is 13.1. The van der Waals surface area contributed by atoms with Crippen LogP contribution in [0.3, 0.4) is 0 Å². The Hall–Kier alpha value is -2.17. The predicted octanol–water partition coefficient (Wildman–Crippen LogP) is 1.70. The number of rotatable bonds is 5. The molecule has 4 rings (SSSR count). The summed E-state index contributed by atoms with van der Waals surface area (Å²) in [4.78, 5) is 25.8. The third-order valence-corrected chi connectivity index (χ3v) is 6.91. The van der Waals surface area contributed by atoms with Gasteiger partial charge in [0.05, 0.1) is 11.7 Å². The molecule has 0 radical (unpaired) electrons. The number of aromatic nitrogens is 3. The van der Waals surface area contributed by atoms with E-state index in [2.05, 4.69) is 26.6 Å². The molecule has 3 N–H and O–H groups in total. The van der Waals surface area contributed by atoms with E-state index in [1.807, 2.05) is 34.9 Å². The number of aliphatic hydroxyl groups is 1. The molecule has 0 saturated carbocycles. The Morgan fingerprint density at radius 3 is 2.81 bits per heavy atom. The number of carbonyl (C=O) groups is 2. The van der Waals surface area contributed by atoms with Gasteiger partial charge in [-0.25, -0.2) is 0 Å². The normalized spacial score (nSPS) is 21.0. The second kappa shape index (κ2) is 10.9. The number of nitrogens with zero attached hydrogens (tertiary/aromatic N) is 4. The Bertz CT molecular complexity index is 868. The van der Waals surface area contributed by atoms with Crippen LogP contribution >= 0.6 is 11.8 Å². The van der Waals surface area contributed by atoms with E-state index < -0.39 is 0 Å². The van der Waals surface area contributed by atoms with Crippen molar-refractivity contribution in [3.8, 4) is 0 Å². The third-order valence-electron chi connectivity index (χ3n) is 6.21. The van der Waals surface area contributed by atoms with Crippen molar-refractivity contribution in [3.05, 3.63) is 23.8 Å². The van der Waals surface area contributed by atoms with E-state index in [9.17, 15) is 9.90 Å². The SMILES string of the molecule is CSCCCN1CC(O)CC2(CCN(C(=O)c3cccc4n[nH]nc34)CC2)C1.O=CO. The summed E-state index contributed by atoms with van der Waals surface area (Å²) in [5.41, 5.74) is 2.11. The zero-order valence-corrected chi connectivity index (χ0v) is 18.7. The van der Waals surface area contributed by atoms with Gasteiger partial charge in [0.2, 0.25) is 0 Å². The largest absolute Gasteiger partial charge is 0.483 e. The molecule has 2 aliphatic rings. The number of aromatic amines is 1. The monoisotopic (exact) mass is 449 g/mol. The highest BCUT2D eigenvalue weighted by molar-refractivity contribution is 7.98. The number of piperidine rings is 2. The van der Waals surface area contributed by atoms with Crippen LogP contribution in [0.15, 0.2) is 18.2 Å². The second-order valence-corrected chi connectivity index (χ2v) is 9.32. The van der Waals surface area contributed by atoms with Crippen molar-refractivity contribution in [3.63, 3.8) is 0 Å². The molecule has 0 aliphatic carbocycles. The molecule has 1 spiro atoms. The summed E-state index contributed by atoms with van der Waals surface area (Å²) in [6, 6.07) is 5.54. The molecular formula is C21H31N5O4S. The van der Waals surface area contributed by atoms with Crippen LogP contribution in [0.5, 0.6) is 0 Å². The first kappa shape index (κ1) is 23.5. The van der Waals surface area contributed by atoms with Crippen molar-refractivity contribution >= 4 is 35.2 Å². The first-order valence-electron chi connectivity index (χ1n) is 10.6. The molecule has 2 aliphatic heterocycles. The van der Waals surface area contributed by atoms with Crippen molar-refractivity contribution in [2.45, 2.75) is 31.8 Å². The number of H-pyrrole nitrogens is 1. The number of nitrogens with one attached hydrogen (secondary N) is 1. The number of amides is 1. The molecule has 9 nitrogen and oxygen atoms in total. The van der Waals surface area contributed by atoms with Gasteiger partial charge in [-0.05, 0) is 61.8 Å². The number of carboxylic acid groups (broad SMARTS) is 1. The highest BCUT2D eigenvalue weighted by atomic mass is 32.2. The van der Waals surface area contributed by atoms with Gasteiger partial charge in [-0.15, -0.1) is 0 Å². The Labute approximate surface area is 186 Å². The fourth-order valence-electron chi connectivity index (χ4n) is 4.83. The van der Waals surface area contributed by atoms with Crippen LogP contribution in [0.25, 0.3) is 11.0 Å². The van der Waals surface area contributed by atoms with Crippen molar-refractivity contribution < 1.29 is 19.8 Å². The Morgan fingerprint density at radius 1 is 1.35 bits per heavy atom. The maximum atomic E-state index is 13.1. The van der Waals surface area contributed by atoms with Gasteiger partial charge in [0, 0.05) is 26.2 Å². The number of thioether (sulfide) groups is 1. The number of benzene rings is 1. The van der Waals surface area contributed by atoms with Crippen LogP contribution in [-0.2, 0) is 4.79 Å². The summed E-state index contributed by atoms with van der Waals surface area (Å²) < 4.78 is 0. The minimum atomic E-state index is -0.255. The van der Waals surface area contributed by atoms with Gasteiger partial charge in [0.15, 0.2) is 0 Å². The van der Waals surface area contributed by atoms with E-state index >= 15 is 0 Å². The Kier molecular flexibility index (Phi) is 8.28. The zero-order chi connectivity index (χ0) is 22.3. The van der Waals surface area contributed by atoms with Gasteiger partial charge in [-0.3, -0.25) is 9.59 Å². The summed E-state index contributed by atoms with van der Waals surface area (Å²) in [5.74, 6) is 1.19. The number of para-hydroxylation sites is 1. The number of fused-ring (bicyclic) bond motifs is 1. The molecule has 2 fully saturated rings. The topological polar surface area (TPSA) is 123 Å². The van der Waals surface area contributed by atoms with Crippen LogP contribution < -0.4 is 0 Å². The molecule has 1 atom stereocenters. The molecule has 2 aromatic rings. The smallest absolute Gasteiger partial charge is 0.290 e. The number of carbonyl (C=O) groups excluding carboxylic acids is 1. The minimum absolute atomic E-state index is 0.0301. The molecular weight excluding hydrogens is 418 g/mol. The highest BCUT2D eigenvalue weighted by Gasteiger charge is 2.42. The highest BCUT2D eigenvalue weighted by Crippen LogP contribution is 2.40. The maximum Gasteiger partial charge on any atom is 0.290 e. The molecule has 2 saturated heterocycles. The van der Waals surface area contributed by atoms with E-state index in [1.165, 1.54) is 0 Å². The quantitative estimate of drug-likeness (QED) is 0.466. The molecule has 1 unspecified atom stereocenters. The van der Waals surface area contributed by atoms with Crippen molar-refractivity contribution in [1.29, 1.82) is 0 Å². The average Bonchev–Trinajstić information content (AvgIpc) is 3.23. The fourth-order valence-corrected chi connectivity index (χ4v) is 5.24. The van der Waals surface area contributed by atoms with E-state index in [1.54, 1.807) is 0 Å². The van der Waals surface area contributed by atoms with Crippen molar-refractivity contribution in [1.82, 2.24) is 25.2 Å². The number of hydrogen-bond acceptors (Lipinski definition) is 7. The van der Waals surface area contributed by atoms with Crippen LogP contribution in [0.2, 0.25) is 0 Å². The standard InChI is InChI=1S/C20H29N5O2S.CH2O2/c1-28-11-3-8-24-13-15(26)12-20(14-24)6-9-25(10-7-20)19(27)16-4-2-5-17-18(16)22-23-21-17;2-1-3/h2,4-5,15,26H,3,6-14H2,1H3,(H,21,22,23);1H,(H,2,3). The molecule has 1 aromatic heterocycles. The van der Waals surface area contributed by atoms with E-state index in [0.29, 0.717) is 11.1 Å². The number of β-amino-alcohol motifs (C(OH)–C–C–N with tert-alkyl or cyclic N) is 1. The van der Waals surface area contributed by atoms with Gasteiger partial charge in [0.25, 0.3) is 12.4 Å². The molecule has 3 heterocycles. The molecule has 0 bridgehead atoms. The lowest BCUT2D eigenvalue weighted by atomic mass is 9.71. The molecule has 170 valence electrons. The predicted molar refractivity (Wildman–Crippen MR) is 120 cm³/mol. The number of hydrogen-bond donors (Lipinski definition) is 3. The summed E-state index contributed by atoms with van der Waals surface area (Å²) in [5, 5.41) is 28.2. The van der Waals surface area contributed by atoms with Gasteiger partial charge in [-0.2, -0.15) is 27.2 Å². The Morgan fingerprint density at radius 2 is 2.10 bits per heavy atom. The first-order valence-corrected chi connectivity index (χ1v) is 12.0. The average molecular weight is 450 g/mol. The lowest BCUT2D eigenvalue weighted by molar-refractivity contribution is -0.122.